The van der Waals surface area contributed by atoms with Crippen LogP contribution >= 0.6 is 15.9 Å². The number of rotatable bonds is 7. The second-order valence-electron chi connectivity index (χ2n) is 3.91. The summed E-state index contributed by atoms with van der Waals surface area (Å²) in [5.74, 6) is 0. The zero-order chi connectivity index (χ0) is 13.6. The Morgan fingerprint density at radius 2 is 1.83 bits per heavy atom. The molecule has 0 heterocycles. The predicted molar refractivity (Wildman–Crippen MR) is 75.2 cm³/mol. The van der Waals surface area contributed by atoms with Gasteiger partial charge in [0.2, 0.25) is 10.0 Å². The third-order valence-corrected chi connectivity index (χ3v) is 5.10. The van der Waals surface area contributed by atoms with E-state index >= 15 is 0 Å². The van der Waals surface area contributed by atoms with Crippen LogP contribution in [-0.4, -0.2) is 37.5 Å². The first-order valence-electron chi connectivity index (χ1n) is 5.82. The number of alkyl halides is 1. The number of hydrogen-bond donors (Lipinski definition) is 1. The van der Waals surface area contributed by atoms with Crippen LogP contribution in [0.25, 0.3) is 0 Å². The molecular weight excluding hydrogens is 318 g/mol. The molecule has 0 aliphatic carbocycles. The van der Waals surface area contributed by atoms with E-state index in [9.17, 15) is 8.42 Å². The highest BCUT2D eigenvalue weighted by atomic mass is 79.9. The Hall–Kier alpha value is -0.430. The molecule has 0 amide bonds. The molecular formula is C12H18BrNO3S. The second kappa shape index (κ2) is 7.23. The Bertz CT molecular complexity index is 453. The number of benzene rings is 1. The molecule has 0 atom stereocenters. The molecule has 102 valence electrons. The van der Waals surface area contributed by atoms with Crippen LogP contribution < -0.4 is 0 Å². The monoisotopic (exact) mass is 335 g/mol. The van der Waals surface area contributed by atoms with Gasteiger partial charge in [-0.05, 0) is 24.1 Å². The second-order valence-corrected chi connectivity index (χ2v) is 6.40. The van der Waals surface area contributed by atoms with Gasteiger partial charge in [0.25, 0.3) is 0 Å². The maximum Gasteiger partial charge on any atom is 0.243 e. The van der Waals surface area contributed by atoms with Gasteiger partial charge < -0.3 is 5.11 Å². The van der Waals surface area contributed by atoms with E-state index < -0.39 is 10.0 Å². The lowest BCUT2D eigenvalue weighted by molar-refractivity contribution is 0.253. The quantitative estimate of drug-likeness (QED) is 0.775. The Balaban J connectivity index is 3.01. The summed E-state index contributed by atoms with van der Waals surface area (Å²) in [7, 11) is -3.49. The van der Waals surface area contributed by atoms with Gasteiger partial charge in [0.15, 0.2) is 0 Å². The number of aliphatic hydroxyl groups excluding tert-OH is 1. The van der Waals surface area contributed by atoms with Gasteiger partial charge in [-0.15, -0.1) is 0 Å². The van der Waals surface area contributed by atoms with Crippen molar-refractivity contribution in [2.45, 2.75) is 23.6 Å². The normalized spacial score (nSPS) is 12.0. The fourth-order valence-electron chi connectivity index (χ4n) is 1.61. The zero-order valence-corrected chi connectivity index (χ0v) is 12.7. The Morgan fingerprint density at radius 1 is 1.22 bits per heavy atom. The van der Waals surface area contributed by atoms with Crippen molar-refractivity contribution in [1.29, 1.82) is 0 Å². The molecule has 0 saturated carbocycles. The van der Waals surface area contributed by atoms with Crippen molar-refractivity contribution in [3.63, 3.8) is 0 Å². The number of aliphatic hydroxyl groups is 1. The molecule has 0 saturated heterocycles. The Labute approximate surface area is 117 Å². The summed E-state index contributed by atoms with van der Waals surface area (Å²) in [5, 5.41) is 9.64. The maximum atomic E-state index is 12.3. The van der Waals surface area contributed by atoms with E-state index in [2.05, 4.69) is 15.9 Å². The van der Waals surface area contributed by atoms with Gasteiger partial charge in [-0.3, -0.25) is 0 Å². The highest BCUT2D eigenvalue weighted by Gasteiger charge is 2.22. The van der Waals surface area contributed by atoms with Crippen LogP contribution in [0.5, 0.6) is 0 Å². The number of halogens is 1. The summed E-state index contributed by atoms with van der Waals surface area (Å²) >= 11 is 3.32. The van der Waals surface area contributed by atoms with Crippen molar-refractivity contribution in [2.75, 3.05) is 19.7 Å². The molecule has 0 aromatic heterocycles. The van der Waals surface area contributed by atoms with Crippen molar-refractivity contribution < 1.29 is 13.5 Å². The molecule has 6 heteroatoms. The minimum atomic E-state index is -3.49. The molecule has 1 rings (SSSR count). The molecule has 0 spiro atoms. The van der Waals surface area contributed by atoms with E-state index in [1.54, 1.807) is 24.3 Å². The molecule has 4 nitrogen and oxygen atoms in total. The maximum absolute atomic E-state index is 12.3. The zero-order valence-electron chi connectivity index (χ0n) is 10.3. The molecule has 0 aliphatic rings. The lowest BCUT2D eigenvalue weighted by Crippen LogP contribution is -2.34. The number of hydrogen-bond acceptors (Lipinski definition) is 3. The first kappa shape index (κ1) is 15.6. The smallest absolute Gasteiger partial charge is 0.243 e. The molecule has 0 aliphatic heterocycles. The Morgan fingerprint density at radius 3 is 2.28 bits per heavy atom. The predicted octanol–water partition coefficient (Wildman–Crippen LogP) is 1.97. The molecule has 18 heavy (non-hydrogen) atoms. The van der Waals surface area contributed by atoms with E-state index in [1.165, 1.54) is 4.31 Å². The van der Waals surface area contributed by atoms with Crippen LogP contribution in [0.2, 0.25) is 0 Å². The van der Waals surface area contributed by atoms with Gasteiger partial charge in [-0.1, -0.05) is 35.0 Å². The van der Waals surface area contributed by atoms with E-state index in [1.807, 2.05) is 6.92 Å². The lowest BCUT2D eigenvalue weighted by atomic mass is 10.2. The molecule has 0 fully saturated rings. The third-order valence-electron chi connectivity index (χ3n) is 2.54. The van der Waals surface area contributed by atoms with E-state index in [0.29, 0.717) is 11.9 Å². The van der Waals surface area contributed by atoms with Crippen molar-refractivity contribution in [1.82, 2.24) is 4.31 Å². The van der Waals surface area contributed by atoms with Crippen molar-refractivity contribution in [3.05, 3.63) is 29.8 Å². The molecule has 1 aromatic rings. The summed E-state index contributed by atoms with van der Waals surface area (Å²) in [6.45, 7) is 2.30. The van der Waals surface area contributed by atoms with Crippen LogP contribution in [0, 0.1) is 0 Å². The van der Waals surface area contributed by atoms with Crippen LogP contribution in [0.15, 0.2) is 29.2 Å². The van der Waals surface area contributed by atoms with Crippen LogP contribution in [0.3, 0.4) is 0 Å². The van der Waals surface area contributed by atoms with Crippen molar-refractivity contribution >= 4 is 26.0 Å². The largest absolute Gasteiger partial charge is 0.395 e. The fourth-order valence-corrected chi connectivity index (χ4v) is 3.51. The molecule has 1 aromatic carbocycles. The lowest BCUT2D eigenvalue weighted by Gasteiger charge is -2.20. The van der Waals surface area contributed by atoms with Crippen LogP contribution in [-0.2, 0) is 15.4 Å². The fraction of sp³-hybridized carbons (Fsp3) is 0.500. The number of sulfonamides is 1. The first-order valence-corrected chi connectivity index (χ1v) is 8.38. The van der Waals surface area contributed by atoms with E-state index in [0.717, 1.165) is 12.0 Å². The van der Waals surface area contributed by atoms with Gasteiger partial charge in [0, 0.05) is 18.4 Å². The highest BCUT2D eigenvalue weighted by molar-refractivity contribution is 9.08. The van der Waals surface area contributed by atoms with Gasteiger partial charge in [0.05, 0.1) is 11.5 Å². The van der Waals surface area contributed by atoms with Gasteiger partial charge in [-0.2, -0.15) is 4.31 Å². The van der Waals surface area contributed by atoms with Crippen molar-refractivity contribution in [2.24, 2.45) is 0 Å². The SMILES string of the molecule is CCCN(CCO)S(=O)(=O)c1ccc(CBr)cc1. The summed E-state index contributed by atoms with van der Waals surface area (Å²) < 4.78 is 25.9. The molecule has 0 unspecified atom stereocenters. The van der Waals surface area contributed by atoms with Crippen molar-refractivity contribution in [3.8, 4) is 0 Å². The molecule has 0 radical (unpaired) electrons. The highest BCUT2D eigenvalue weighted by Crippen LogP contribution is 2.17. The third kappa shape index (κ3) is 3.78. The Kier molecular flexibility index (Phi) is 6.28. The minimum Gasteiger partial charge on any atom is -0.395 e. The van der Waals surface area contributed by atoms with E-state index in [4.69, 9.17) is 5.11 Å². The minimum absolute atomic E-state index is 0.135. The summed E-state index contributed by atoms with van der Waals surface area (Å²) in [6, 6.07) is 6.77. The van der Waals surface area contributed by atoms with Gasteiger partial charge in [-0.25, -0.2) is 8.42 Å². The van der Waals surface area contributed by atoms with Crippen LogP contribution in [0.1, 0.15) is 18.9 Å². The summed E-state index contributed by atoms with van der Waals surface area (Å²) in [6.07, 6.45) is 0.721. The standard InChI is InChI=1S/C12H18BrNO3S/c1-2-7-14(8-9-15)18(16,17)12-5-3-11(10-13)4-6-12/h3-6,15H,2,7-10H2,1H3. The van der Waals surface area contributed by atoms with E-state index in [-0.39, 0.29) is 18.0 Å². The average molecular weight is 336 g/mol. The molecule has 1 N–H and O–H groups in total. The van der Waals surface area contributed by atoms with Gasteiger partial charge in [0.1, 0.15) is 0 Å². The topological polar surface area (TPSA) is 57.6 Å². The summed E-state index contributed by atoms with van der Waals surface area (Å²) in [5.41, 5.74) is 1.03. The number of nitrogens with zero attached hydrogens (tertiary/aromatic N) is 1. The van der Waals surface area contributed by atoms with Gasteiger partial charge >= 0.3 is 0 Å². The molecule has 0 bridgehead atoms. The summed E-state index contributed by atoms with van der Waals surface area (Å²) in [4.78, 5) is 0.272. The average Bonchev–Trinajstić information content (AvgIpc) is 2.38. The first-order chi connectivity index (χ1) is 8.56. The van der Waals surface area contributed by atoms with Crippen LogP contribution in [0.4, 0.5) is 0 Å².